The average Bonchev–Trinajstić information content (AvgIpc) is 2.68. The molecule has 0 atom stereocenters. The lowest BCUT2D eigenvalue weighted by Gasteiger charge is -2.32. The number of benzene rings is 2. The number of carboxylic acids is 1. The van der Waals surface area contributed by atoms with Gasteiger partial charge in [0.1, 0.15) is 5.82 Å². The molecule has 0 amide bonds. The first kappa shape index (κ1) is 16.3. The largest absolute Gasteiger partial charge is 0.481 e. The summed E-state index contributed by atoms with van der Waals surface area (Å²) in [7, 11) is 0. The summed E-state index contributed by atoms with van der Waals surface area (Å²) < 4.78 is 0. The van der Waals surface area contributed by atoms with Crippen molar-refractivity contribution in [3.8, 4) is 11.4 Å². The Morgan fingerprint density at radius 3 is 2.46 bits per heavy atom. The molecule has 0 unspecified atom stereocenters. The number of para-hydroxylation sites is 1. The van der Waals surface area contributed by atoms with Crippen molar-refractivity contribution in [2.24, 2.45) is 5.92 Å². The third-order valence-electron chi connectivity index (χ3n) is 4.96. The Bertz CT molecular complexity index is 1000. The zero-order valence-corrected chi connectivity index (χ0v) is 14.2. The van der Waals surface area contributed by atoms with E-state index >= 15 is 0 Å². The quantitative estimate of drug-likeness (QED) is 0.759. The van der Waals surface area contributed by atoms with Crippen LogP contribution in [0, 0.1) is 5.92 Å². The highest BCUT2D eigenvalue weighted by Crippen LogP contribution is 2.25. The van der Waals surface area contributed by atoms with Gasteiger partial charge in [0.05, 0.1) is 16.8 Å². The minimum absolute atomic E-state index is 0.148. The molecular formula is C20H19N3O3. The lowest BCUT2D eigenvalue weighted by molar-refractivity contribution is -0.142. The van der Waals surface area contributed by atoms with Gasteiger partial charge < -0.3 is 15.0 Å². The van der Waals surface area contributed by atoms with E-state index in [0.29, 0.717) is 29.6 Å². The average molecular weight is 349 g/mol. The van der Waals surface area contributed by atoms with Gasteiger partial charge in [0, 0.05) is 24.3 Å². The number of aliphatic carboxylic acids is 1. The van der Waals surface area contributed by atoms with Crippen molar-refractivity contribution in [1.82, 2.24) is 9.97 Å². The topological polar surface area (TPSA) is 86.3 Å². The molecule has 0 bridgehead atoms. The van der Waals surface area contributed by atoms with Crippen molar-refractivity contribution in [2.75, 3.05) is 18.0 Å². The summed E-state index contributed by atoms with van der Waals surface area (Å²) in [5.41, 5.74) is 2.43. The predicted molar refractivity (Wildman–Crippen MR) is 100 cm³/mol. The van der Waals surface area contributed by atoms with E-state index in [0.717, 1.165) is 24.3 Å². The smallest absolute Gasteiger partial charge is 0.306 e. The standard InChI is InChI=1S/C20H19N3O3/c24-19-16-3-1-2-4-17(16)21-18(22-19)13-5-7-15(8-6-13)23-11-9-14(10-12-23)20(25)26/h1-8,14H,9-12H2,(H,25,26)(H,21,22,24). The second-order valence-electron chi connectivity index (χ2n) is 6.58. The third kappa shape index (κ3) is 3.06. The van der Waals surface area contributed by atoms with Crippen LogP contribution in [0.4, 0.5) is 5.69 Å². The van der Waals surface area contributed by atoms with Gasteiger partial charge >= 0.3 is 5.97 Å². The highest BCUT2D eigenvalue weighted by Gasteiger charge is 2.24. The van der Waals surface area contributed by atoms with Gasteiger partial charge in [-0.25, -0.2) is 4.98 Å². The number of piperidine rings is 1. The number of carbonyl (C=O) groups is 1. The minimum atomic E-state index is -0.702. The van der Waals surface area contributed by atoms with Crippen LogP contribution in [0.15, 0.2) is 53.3 Å². The van der Waals surface area contributed by atoms with Crippen molar-refractivity contribution in [1.29, 1.82) is 0 Å². The SMILES string of the molecule is O=C(O)C1CCN(c2ccc(-c3nc4ccccc4c(=O)[nH]3)cc2)CC1. The number of aromatic amines is 1. The number of nitrogens with one attached hydrogen (secondary N) is 1. The fourth-order valence-electron chi connectivity index (χ4n) is 3.44. The molecular weight excluding hydrogens is 330 g/mol. The van der Waals surface area contributed by atoms with Crippen molar-refractivity contribution < 1.29 is 9.90 Å². The summed E-state index contributed by atoms with van der Waals surface area (Å²) in [6.07, 6.45) is 1.33. The van der Waals surface area contributed by atoms with Gasteiger partial charge in [0.2, 0.25) is 0 Å². The number of fused-ring (bicyclic) bond motifs is 1. The van der Waals surface area contributed by atoms with Gasteiger partial charge in [-0.3, -0.25) is 9.59 Å². The molecule has 4 rings (SSSR count). The van der Waals surface area contributed by atoms with E-state index in [9.17, 15) is 9.59 Å². The molecule has 1 saturated heterocycles. The summed E-state index contributed by atoms with van der Waals surface area (Å²) in [5.74, 6) is -0.395. The molecule has 1 fully saturated rings. The van der Waals surface area contributed by atoms with Crippen molar-refractivity contribution in [3.63, 3.8) is 0 Å². The molecule has 132 valence electrons. The molecule has 3 aromatic rings. The van der Waals surface area contributed by atoms with E-state index in [1.165, 1.54) is 0 Å². The normalized spacial score (nSPS) is 15.3. The Labute approximate surface area is 150 Å². The second-order valence-corrected chi connectivity index (χ2v) is 6.58. The number of H-pyrrole nitrogens is 1. The van der Waals surface area contributed by atoms with E-state index in [1.807, 2.05) is 42.5 Å². The van der Waals surface area contributed by atoms with E-state index in [1.54, 1.807) is 6.07 Å². The van der Waals surface area contributed by atoms with Gasteiger partial charge in [0.25, 0.3) is 5.56 Å². The Morgan fingerprint density at radius 2 is 1.77 bits per heavy atom. The monoisotopic (exact) mass is 349 g/mol. The van der Waals surface area contributed by atoms with E-state index in [-0.39, 0.29) is 11.5 Å². The molecule has 2 aromatic carbocycles. The first-order chi connectivity index (χ1) is 12.6. The summed E-state index contributed by atoms with van der Waals surface area (Å²) in [6, 6.07) is 15.1. The molecule has 0 radical (unpaired) electrons. The number of carboxylic acid groups (broad SMARTS) is 1. The van der Waals surface area contributed by atoms with Crippen molar-refractivity contribution >= 4 is 22.6 Å². The zero-order chi connectivity index (χ0) is 18.1. The fourth-order valence-corrected chi connectivity index (χ4v) is 3.44. The molecule has 0 aliphatic carbocycles. The summed E-state index contributed by atoms with van der Waals surface area (Å²) >= 11 is 0. The Morgan fingerprint density at radius 1 is 1.08 bits per heavy atom. The first-order valence-corrected chi connectivity index (χ1v) is 8.69. The number of anilines is 1. The maximum atomic E-state index is 12.2. The zero-order valence-electron chi connectivity index (χ0n) is 14.2. The van der Waals surface area contributed by atoms with Crippen LogP contribution in [0.3, 0.4) is 0 Å². The highest BCUT2D eigenvalue weighted by molar-refractivity contribution is 5.79. The number of aromatic nitrogens is 2. The van der Waals surface area contributed by atoms with Crippen molar-refractivity contribution in [3.05, 3.63) is 58.9 Å². The van der Waals surface area contributed by atoms with Gasteiger partial charge in [0.15, 0.2) is 0 Å². The third-order valence-corrected chi connectivity index (χ3v) is 4.96. The lowest BCUT2D eigenvalue weighted by Crippen LogP contribution is -2.36. The molecule has 0 spiro atoms. The second kappa shape index (κ2) is 6.63. The Hall–Kier alpha value is -3.15. The number of rotatable bonds is 3. The molecule has 1 aliphatic rings. The van der Waals surface area contributed by atoms with Crippen LogP contribution in [0.1, 0.15) is 12.8 Å². The van der Waals surface area contributed by atoms with Crippen LogP contribution in [0.2, 0.25) is 0 Å². The summed E-state index contributed by atoms with van der Waals surface area (Å²) in [4.78, 5) is 32.9. The van der Waals surface area contributed by atoms with E-state index < -0.39 is 5.97 Å². The molecule has 1 aromatic heterocycles. The Kier molecular flexibility index (Phi) is 4.16. The van der Waals surface area contributed by atoms with Gasteiger partial charge in [-0.2, -0.15) is 0 Å². The summed E-state index contributed by atoms with van der Waals surface area (Å²) in [5, 5.41) is 9.68. The Balaban J connectivity index is 1.57. The molecule has 2 N–H and O–H groups in total. The molecule has 26 heavy (non-hydrogen) atoms. The maximum Gasteiger partial charge on any atom is 0.306 e. The van der Waals surface area contributed by atoms with Crippen molar-refractivity contribution in [2.45, 2.75) is 12.8 Å². The first-order valence-electron chi connectivity index (χ1n) is 8.69. The van der Waals surface area contributed by atoms with E-state index in [4.69, 9.17) is 5.11 Å². The molecule has 1 aliphatic heterocycles. The van der Waals surface area contributed by atoms with Crippen LogP contribution in [-0.2, 0) is 4.79 Å². The molecule has 6 heteroatoms. The van der Waals surface area contributed by atoms with Crippen LogP contribution < -0.4 is 10.5 Å². The van der Waals surface area contributed by atoms with Gasteiger partial charge in [-0.1, -0.05) is 12.1 Å². The lowest BCUT2D eigenvalue weighted by atomic mass is 9.96. The van der Waals surface area contributed by atoms with Crippen LogP contribution in [0.5, 0.6) is 0 Å². The number of hydrogen-bond donors (Lipinski definition) is 2. The number of hydrogen-bond acceptors (Lipinski definition) is 4. The van der Waals surface area contributed by atoms with Crippen LogP contribution >= 0.6 is 0 Å². The molecule has 6 nitrogen and oxygen atoms in total. The van der Waals surface area contributed by atoms with Crippen LogP contribution in [-0.4, -0.2) is 34.1 Å². The van der Waals surface area contributed by atoms with E-state index in [2.05, 4.69) is 14.9 Å². The number of nitrogens with zero attached hydrogens (tertiary/aromatic N) is 2. The molecule has 2 heterocycles. The summed E-state index contributed by atoms with van der Waals surface area (Å²) in [6.45, 7) is 1.47. The molecule has 0 saturated carbocycles. The predicted octanol–water partition coefficient (Wildman–Crippen LogP) is 2.89. The highest BCUT2D eigenvalue weighted by atomic mass is 16.4. The van der Waals surface area contributed by atoms with Gasteiger partial charge in [-0.15, -0.1) is 0 Å². The maximum absolute atomic E-state index is 12.2. The van der Waals surface area contributed by atoms with Gasteiger partial charge in [-0.05, 0) is 49.2 Å². The minimum Gasteiger partial charge on any atom is -0.481 e. The van der Waals surface area contributed by atoms with Crippen LogP contribution in [0.25, 0.3) is 22.3 Å². The fraction of sp³-hybridized carbons (Fsp3) is 0.250.